The molecule has 1 heterocycles. The Hall–Kier alpha value is -2.46. The summed E-state index contributed by atoms with van der Waals surface area (Å²) in [5.41, 5.74) is 7.52. The molecule has 0 aliphatic heterocycles. The number of hydrogen-bond donors (Lipinski definition) is 1. The summed E-state index contributed by atoms with van der Waals surface area (Å²) in [5, 5.41) is 7.13. The maximum atomic E-state index is 4.55. The van der Waals surface area contributed by atoms with Crippen molar-refractivity contribution >= 4 is 22.7 Å². The lowest BCUT2D eigenvalue weighted by Gasteiger charge is -2.01. The van der Waals surface area contributed by atoms with E-state index in [1.165, 1.54) is 5.56 Å². The van der Waals surface area contributed by atoms with Crippen LogP contribution in [0.25, 0.3) is 11.3 Å². The molecule has 0 atom stereocenters. The van der Waals surface area contributed by atoms with Gasteiger partial charge in [-0.25, -0.2) is 4.98 Å². The molecular weight excluding hydrogens is 290 g/mol. The number of nitrogens with zero attached hydrogens (tertiary/aromatic N) is 2. The minimum Gasteiger partial charge on any atom is -0.253 e. The molecule has 0 unspecified atom stereocenters. The van der Waals surface area contributed by atoms with Crippen LogP contribution in [-0.2, 0) is 6.42 Å². The highest BCUT2D eigenvalue weighted by molar-refractivity contribution is 7.14. The van der Waals surface area contributed by atoms with Crippen molar-refractivity contribution in [2.75, 3.05) is 5.43 Å². The molecule has 0 bridgehead atoms. The molecule has 2 aromatic carbocycles. The van der Waals surface area contributed by atoms with Crippen LogP contribution < -0.4 is 5.43 Å². The predicted molar refractivity (Wildman–Crippen MR) is 94.6 cm³/mol. The third-order valence-corrected chi connectivity index (χ3v) is 4.12. The molecule has 0 amide bonds. The monoisotopic (exact) mass is 307 g/mol. The number of anilines is 1. The van der Waals surface area contributed by atoms with Gasteiger partial charge in [0.1, 0.15) is 0 Å². The van der Waals surface area contributed by atoms with Gasteiger partial charge in [-0.1, -0.05) is 61.5 Å². The van der Waals surface area contributed by atoms with Crippen molar-refractivity contribution < 1.29 is 0 Å². The number of hydrogen-bond acceptors (Lipinski definition) is 4. The first-order chi connectivity index (χ1) is 10.9. The van der Waals surface area contributed by atoms with Crippen LogP contribution in [0.3, 0.4) is 0 Å². The first kappa shape index (κ1) is 14.5. The van der Waals surface area contributed by atoms with Crippen LogP contribution in [0.5, 0.6) is 0 Å². The SMILES string of the molecule is CCc1ccccc1C=NNc1nc(-c2ccccc2)cs1. The van der Waals surface area contributed by atoms with Crippen LogP contribution in [0, 0.1) is 0 Å². The van der Waals surface area contributed by atoms with E-state index in [0.717, 1.165) is 28.4 Å². The van der Waals surface area contributed by atoms with Gasteiger partial charge in [-0.2, -0.15) is 5.10 Å². The van der Waals surface area contributed by atoms with Gasteiger partial charge in [-0.3, -0.25) is 5.43 Å². The zero-order chi connectivity index (χ0) is 15.2. The Morgan fingerprint density at radius 2 is 1.86 bits per heavy atom. The van der Waals surface area contributed by atoms with E-state index in [-0.39, 0.29) is 0 Å². The van der Waals surface area contributed by atoms with Gasteiger partial charge >= 0.3 is 0 Å². The Morgan fingerprint density at radius 1 is 1.09 bits per heavy atom. The molecule has 0 saturated carbocycles. The van der Waals surface area contributed by atoms with Gasteiger partial charge in [0.15, 0.2) is 0 Å². The zero-order valence-corrected chi connectivity index (χ0v) is 13.2. The quantitative estimate of drug-likeness (QED) is 0.542. The Balaban J connectivity index is 1.70. The highest BCUT2D eigenvalue weighted by Gasteiger charge is 2.03. The largest absolute Gasteiger partial charge is 0.253 e. The smallest absolute Gasteiger partial charge is 0.203 e. The lowest BCUT2D eigenvalue weighted by atomic mass is 10.1. The highest BCUT2D eigenvalue weighted by Crippen LogP contribution is 2.24. The van der Waals surface area contributed by atoms with Crippen molar-refractivity contribution in [3.05, 3.63) is 71.1 Å². The fourth-order valence-corrected chi connectivity index (χ4v) is 2.87. The fraction of sp³-hybridized carbons (Fsp3) is 0.111. The zero-order valence-electron chi connectivity index (χ0n) is 12.4. The summed E-state index contributed by atoms with van der Waals surface area (Å²) < 4.78 is 0. The molecule has 22 heavy (non-hydrogen) atoms. The summed E-state index contributed by atoms with van der Waals surface area (Å²) in [6.07, 6.45) is 2.85. The number of benzene rings is 2. The summed E-state index contributed by atoms with van der Waals surface area (Å²) >= 11 is 1.55. The number of aromatic nitrogens is 1. The van der Waals surface area contributed by atoms with Gasteiger partial charge in [0.25, 0.3) is 0 Å². The standard InChI is InChI=1S/C18H17N3S/c1-2-14-8-6-7-11-16(14)12-19-21-18-20-17(13-22-18)15-9-4-3-5-10-15/h3-13H,2H2,1H3,(H,20,21). The summed E-state index contributed by atoms with van der Waals surface area (Å²) in [6.45, 7) is 2.15. The van der Waals surface area contributed by atoms with Crippen LogP contribution in [0.15, 0.2) is 65.1 Å². The molecule has 3 rings (SSSR count). The van der Waals surface area contributed by atoms with Crippen molar-refractivity contribution in [1.82, 2.24) is 4.98 Å². The van der Waals surface area contributed by atoms with Crippen molar-refractivity contribution in [3.8, 4) is 11.3 Å². The second kappa shape index (κ2) is 7.00. The van der Waals surface area contributed by atoms with Gasteiger partial charge in [0, 0.05) is 10.9 Å². The van der Waals surface area contributed by atoms with Crippen molar-refractivity contribution in [2.45, 2.75) is 13.3 Å². The Morgan fingerprint density at radius 3 is 2.68 bits per heavy atom. The molecule has 0 aliphatic carbocycles. The van der Waals surface area contributed by atoms with Crippen molar-refractivity contribution in [2.24, 2.45) is 5.10 Å². The first-order valence-corrected chi connectivity index (χ1v) is 8.12. The Bertz CT molecular complexity index is 763. The Labute approximate surface area is 134 Å². The molecule has 3 aromatic rings. The van der Waals surface area contributed by atoms with Crippen LogP contribution in [0.2, 0.25) is 0 Å². The van der Waals surface area contributed by atoms with Crippen LogP contribution in [0.4, 0.5) is 5.13 Å². The lowest BCUT2D eigenvalue weighted by molar-refractivity contribution is 1.13. The third kappa shape index (κ3) is 3.40. The minimum atomic E-state index is 0.795. The van der Waals surface area contributed by atoms with E-state index >= 15 is 0 Å². The molecule has 1 aromatic heterocycles. The summed E-state index contributed by atoms with van der Waals surface area (Å²) in [4.78, 5) is 4.55. The normalized spacial score (nSPS) is 11.0. The molecule has 1 N–H and O–H groups in total. The lowest BCUT2D eigenvalue weighted by Crippen LogP contribution is -1.94. The van der Waals surface area contributed by atoms with E-state index in [9.17, 15) is 0 Å². The molecule has 4 heteroatoms. The van der Waals surface area contributed by atoms with Gasteiger partial charge in [-0.05, 0) is 17.5 Å². The summed E-state index contributed by atoms with van der Waals surface area (Å²) in [5.74, 6) is 0. The summed E-state index contributed by atoms with van der Waals surface area (Å²) in [7, 11) is 0. The Kier molecular flexibility index (Phi) is 4.61. The number of nitrogens with one attached hydrogen (secondary N) is 1. The second-order valence-corrected chi connectivity index (χ2v) is 5.68. The third-order valence-electron chi connectivity index (χ3n) is 3.37. The van der Waals surface area contributed by atoms with Crippen LogP contribution >= 0.6 is 11.3 Å². The molecule has 3 nitrogen and oxygen atoms in total. The van der Waals surface area contributed by atoms with E-state index in [0.29, 0.717) is 0 Å². The average Bonchev–Trinajstić information content (AvgIpc) is 3.05. The van der Waals surface area contributed by atoms with Crippen LogP contribution in [0.1, 0.15) is 18.1 Å². The van der Waals surface area contributed by atoms with E-state index in [1.807, 2.05) is 35.9 Å². The molecule has 0 fully saturated rings. The molecule has 0 aliphatic rings. The van der Waals surface area contributed by atoms with Gasteiger partial charge < -0.3 is 0 Å². The second-order valence-electron chi connectivity index (χ2n) is 4.83. The molecule has 0 spiro atoms. The fourth-order valence-electron chi connectivity index (χ4n) is 2.21. The molecular formula is C18H17N3S. The first-order valence-electron chi connectivity index (χ1n) is 7.24. The van der Waals surface area contributed by atoms with E-state index in [2.05, 4.69) is 52.8 Å². The minimum absolute atomic E-state index is 0.795. The van der Waals surface area contributed by atoms with E-state index in [4.69, 9.17) is 0 Å². The van der Waals surface area contributed by atoms with Gasteiger partial charge in [0.05, 0.1) is 11.9 Å². The average molecular weight is 307 g/mol. The van der Waals surface area contributed by atoms with Gasteiger partial charge in [0.2, 0.25) is 5.13 Å². The van der Waals surface area contributed by atoms with Crippen molar-refractivity contribution in [3.63, 3.8) is 0 Å². The molecule has 110 valence electrons. The number of aryl methyl sites for hydroxylation is 1. The summed E-state index contributed by atoms with van der Waals surface area (Å²) in [6, 6.07) is 18.4. The van der Waals surface area contributed by atoms with Crippen molar-refractivity contribution in [1.29, 1.82) is 0 Å². The number of rotatable bonds is 5. The van der Waals surface area contributed by atoms with E-state index < -0.39 is 0 Å². The van der Waals surface area contributed by atoms with Crippen LogP contribution in [-0.4, -0.2) is 11.2 Å². The van der Waals surface area contributed by atoms with Gasteiger partial charge in [-0.15, -0.1) is 11.3 Å². The maximum absolute atomic E-state index is 4.55. The molecule has 0 saturated heterocycles. The highest BCUT2D eigenvalue weighted by atomic mass is 32.1. The topological polar surface area (TPSA) is 37.3 Å². The molecule has 0 radical (unpaired) electrons. The number of hydrazone groups is 1. The number of thiazole rings is 1. The predicted octanol–water partition coefficient (Wildman–Crippen LogP) is 4.82. The maximum Gasteiger partial charge on any atom is 0.203 e. The van der Waals surface area contributed by atoms with E-state index in [1.54, 1.807) is 11.3 Å².